The second kappa shape index (κ2) is 9.85. The van der Waals surface area contributed by atoms with Crippen molar-refractivity contribution in [2.75, 3.05) is 7.05 Å². The fourth-order valence-corrected chi connectivity index (χ4v) is 1.37. The number of aliphatic hydroxyl groups is 3. The summed E-state index contributed by atoms with van der Waals surface area (Å²) in [5, 5.41) is 45.3. The highest BCUT2D eigenvalue weighted by Crippen LogP contribution is 2.15. The summed E-state index contributed by atoms with van der Waals surface area (Å²) in [6, 6.07) is 9.76. The molecule has 0 radical (unpaired) electrons. The standard InChI is InChI=1S/C10H15NO.C4H6O6/c1-8(11-2)10(12)9-6-4-3-5-7-9;5-1(3(7)8)2(6)4(9)10/h3-8,10-12H,1-2H3;1-2,5-6H,(H,7,8)(H,9,10). The quantitative estimate of drug-likeness (QED) is 0.400. The average Bonchev–Trinajstić information content (AvgIpc) is 2.53. The maximum atomic E-state index is 9.77. The number of carboxylic acid groups (broad SMARTS) is 2. The molecule has 4 atom stereocenters. The molecule has 6 N–H and O–H groups in total. The number of carbonyl (C=O) groups is 2. The highest BCUT2D eigenvalue weighted by Gasteiger charge is 2.29. The monoisotopic (exact) mass is 315 g/mol. The maximum Gasteiger partial charge on any atom is 0.335 e. The summed E-state index contributed by atoms with van der Waals surface area (Å²) in [5.41, 5.74) is 0.958. The van der Waals surface area contributed by atoms with Gasteiger partial charge in [-0.1, -0.05) is 30.3 Å². The van der Waals surface area contributed by atoms with E-state index in [1.807, 2.05) is 44.3 Å². The van der Waals surface area contributed by atoms with Gasteiger partial charge in [0.05, 0.1) is 6.10 Å². The van der Waals surface area contributed by atoms with Crippen molar-refractivity contribution < 1.29 is 35.1 Å². The van der Waals surface area contributed by atoms with Gasteiger partial charge >= 0.3 is 11.9 Å². The Labute approximate surface area is 127 Å². The molecular weight excluding hydrogens is 294 g/mol. The van der Waals surface area contributed by atoms with E-state index in [0.717, 1.165) is 5.56 Å². The molecular formula is C14H21NO7. The summed E-state index contributed by atoms with van der Waals surface area (Å²) in [7, 11) is 1.84. The third-order valence-electron chi connectivity index (χ3n) is 2.88. The van der Waals surface area contributed by atoms with Crippen molar-refractivity contribution in [3.05, 3.63) is 35.9 Å². The molecule has 8 heteroatoms. The Morgan fingerprint density at radius 2 is 1.36 bits per heavy atom. The fourth-order valence-electron chi connectivity index (χ4n) is 1.37. The molecule has 1 rings (SSSR count). The highest BCUT2D eigenvalue weighted by molar-refractivity contribution is 5.83. The van der Waals surface area contributed by atoms with Gasteiger partial charge < -0.3 is 30.8 Å². The number of aliphatic hydroxyl groups excluding tert-OH is 3. The number of likely N-dealkylation sites (N-methyl/N-ethyl adjacent to an activating group) is 1. The van der Waals surface area contributed by atoms with Crippen LogP contribution >= 0.6 is 0 Å². The van der Waals surface area contributed by atoms with Crippen LogP contribution in [0.4, 0.5) is 0 Å². The zero-order valence-corrected chi connectivity index (χ0v) is 12.2. The number of hydrogen-bond donors (Lipinski definition) is 6. The van der Waals surface area contributed by atoms with E-state index in [1.165, 1.54) is 0 Å². The molecule has 124 valence electrons. The van der Waals surface area contributed by atoms with E-state index in [9.17, 15) is 14.7 Å². The molecule has 0 aromatic heterocycles. The summed E-state index contributed by atoms with van der Waals surface area (Å²) in [6.45, 7) is 1.96. The van der Waals surface area contributed by atoms with Gasteiger partial charge in [-0.05, 0) is 19.5 Å². The fraction of sp³-hybridized carbons (Fsp3) is 0.429. The zero-order chi connectivity index (χ0) is 17.3. The number of aliphatic carboxylic acids is 2. The van der Waals surface area contributed by atoms with Gasteiger partial charge in [-0.25, -0.2) is 9.59 Å². The maximum absolute atomic E-state index is 9.77. The van der Waals surface area contributed by atoms with E-state index in [0.29, 0.717) is 0 Å². The SMILES string of the molecule is CNC(C)C(O)c1ccccc1.O=C(O)C(O)C(O)C(=O)O. The van der Waals surface area contributed by atoms with E-state index < -0.39 is 30.3 Å². The summed E-state index contributed by atoms with van der Waals surface area (Å²) in [6.07, 6.45) is -4.95. The molecule has 8 nitrogen and oxygen atoms in total. The van der Waals surface area contributed by atoms with Crippen LogP contribution in [0.25, 0.3) is 0 Å². The highest BCUT2D eigenvalue weighted by atomic mass is 16.4. The Bertz CT molecular complexity index is 448. The minimum atomic E-state index is -2.27. The molecule has 0 spiro atoms. The molecule has 1 aromatic carbocycles. The lowest BCUT2D eigenvalue weighted by Gasteiger charge is -2.17. The van der Waals surface area contributed by atoms with Crippen molar-refractivity contribution in [2.24, 2.45) is 0 Å². The second-order valence-corrected chi connectivity index (χ2v) is 4.50. The third kappa shape index (κ3) is 6.64. The molecule has 22 heavy (non-hydrogen) atoms. The van der Waals surface area contributed by atoms with Crippen LogP contribution in [0.15, 0.2) is 30.3 Å². The number of rotatable bonds is 6. The molecule has 0 heterocycles. The predicted octanol–water partition coefficient (Wildman–Crippen LogP) is -0.795. The van der Waals surface area contributed by atoms with Crippen LogP contribution in [-0.4, -0.2) is 62.8 Å². The number of carboxylic acids is 2. The van der Waals surface area contributed by atoms with Gasteiger partial charge in [0.2, 0.25) is 0 Å². The van der Waals surface area contributed by atoms with Crippen LogP contribution in [0.1, 0.15) is 18.6 Å². The van der Waals surface area contributed by atoms with Crippen molar-refractivity contribution in [1.29, 1.82) is 0 Å². The summed E-state index contributed by atoms with van der Waals surface area (Å²) in [4.78, 5) is 19.5. The van der Waals surface area contributed by atoms with Crippen LogP contribution in [0.5, 0.6) is 0 Å². The first kappa shape index (κ1) is 20.0. The number of hydrogen-bond acceptors (Lipinski definition) is 6. The van der Waals surface area contributed by atoms with Gasteiger partial charge in [-0.3, -0.25) is 0 Å². The summed E-state index contributed by atoms with van der Waals surface area (Å²) < 4.78 is 0. The Kier molecular flexibility index (Phi) is 8.95. The molecule has 0 aliphatic heterocycles. The van der Waals surface area contributed by atoms with Crippen molar-refractivity contribution in [1.82, 2.24) is 5.32 Å². The zero-order valence-electron chi connectivity index (χ0n) is 12.2. The average molecular weight is 315 g/mol. The van der Waals surface area contributed by atoms with Crippen LogP contribution in [0, 0.1) is 0 Å². The first-order valence-electron chi connectivity index (χ1n) is 6.44. The summed E-state index contributed by atoms with van der Waals surface area (Å²) in [5.74, 6) is -3.54. The van der Waals surface area contributed by atoms with E-state index in [-0.39, 0.29) is 6.04 Å². The van der Waals surface area contributed by atoms with E-state index in [4.69, 9.17) is 20.4 Å². The van der Waals surface area contributed by atoms with Gasteiger partial charge in [-0.2, -0.15) is 0 Å². The Morgan fingerprint density at radius 3 is 1.68 bits per heavy atom. The van der Waals surface area contributed by atoms with Crippen molar-refractivity contribution in [3.63, 3.8) is 0 Å². The number of benzene rings is 1. The lowest BCUT2D eigenvalue weighted by Crippen LogP contribution is -2.39. The largest absolute Gasteiger partial charge is 0.479 e. The lowest BCUT2D eigenvalue weighted by atomic mass is 10.0. The van der Waals surface area contributed by atoms with Crippen LogP contribution in [0.3, 0.4) is 0 Å². The molecule has 1 aromatic rings. The van der Waals surface area contributed by atoms with Gasteiger partial charge in [0.1, 0.15) is 0 Å². The van der Waals surface area contributed by atoms with Crippen LogP contribution < -0.4 is 5.32 Å². The summed E-state index contributed by atoms with van der Waals surface area (Å²) >= 11 is 0. The number of nitrogens with one attached hydrogen (secondary N) is 1. The smallest absolute Gasteiger partial charge is 0.335 e. The molecule has 0 amide bonds. The predicted molar refractivity (Wildman–Crippen MR) is 77.2 cm³/mol. The van der Waals surface area contributed by atoms with Crippen molar-refractivity contribution >= 4 is 11.9 Å². The Morgan fingerprint density at radius 1 is 0.955 bits per heavy atom. The molecule has 0 saturated carbocycles. The third-order valence-corrected chi connectivity index (χ3v) is 2.88. The molecule has 4 unspecified atom stereocenters. The van der Waals surface area contributed by atoms with Gasteiger partial charge in [-0.15, -0.1) is 0 Å². The second-order valence-electron chi connectivity index (χ2n) is 4.50. The Hall–Kier alpha value is -2.00. The topological polar surface area (TPSA) is 147 Å². The van der Waals surface area contributed by atoms with Crippen LogP contribution in [0.2, 0.25) is 0 Å². The Balaban J connectivity index is 0.000000409. The molecule has 0 saturated heterocycles. The molecule has 0 aliphatic carbocycles. The molecule has 0 fully saturated rings. The molecule has 0 bridgehead atoms. The van der Waals surface area contributed by atoms with E-state index in [2.05, 4.69) is 5.32 Å². The van der Waals surface area contributed by atoms with Crippen LogP contribution in [-0.2, 0) is 9.59 Å². The van der Waals surface area contributed by atoms with Gasteiger partial charge in [0, 0.05) is 6.04 Å². The van der Waals surface area contributed by atoms with E-state index >= 15 is 0 Å². The minimum Gasteiger partial charge on any atom is -0.479 e. The normalized spacial score (nSPS) is 15.7. The first-order chi connectivity index (χ1) is 10.2. The van der Waals surface area contributed by atoms with Crippen molar-refractivity contribution in [2.45, 2.75) is 31.3 Å². The first-order valence-corrected chi connectivity index (χ1v) is 6.44. The molecule has 0 aliphatic rings. The van der Waals surface area contributed by atoms with Gasteiger partial charge in [0.15, 0.2) is 12.2 Å². The van der Waals surface area contributed by atoms with Gasteiger partial charge in [0.25, 0.3) is 0 Å². The van der Waals surface area contributed by atoms with E-state index in [1.54, 1.807) is 0 Å². The lowest BCUT2D eigenvalue weighted by molar-refractivity contribution is -0.165. The van der Waals surface area contributed by atoms with Crippen molar-refractivity contribution in [3.8, 4) is 0 Å². The minimum absolute atomic E-state index is 0.0902.